The zero-order valence-electron chi connectivity index (χ0n) is 16.4. The Kier molecular flexibility index (Phi) is 10.4. The van der Waals surface area contributed by atoms with Crippen LogP contribution in [0, 0.1) is 0 Å². The highest BCUT2D eigenvalue weighted by molar-refractivity contribution is 5.99. The Morgan fingerprint density at radius 2 is 1.00 bits per heavy atom. The number of hydrogen-bond donors (Lipinski definition) is 4. The van der Waals surface area contributed by atoms with Crippen LogP contribution in [0.4, 0.5) is 0 Å². The lowest BCUT2D eigenvalue weighted by atomic mass is 10.1. The van der Waals surface area contributed by atoms with Crippen molar-refractivity contribution in [3.05, 3.63) is 34.9 Å². The fourth-order valence-corrected chi connectivity index (χ4v) is 1.11. The normalized spacial score (nSPS) is 10.5. The molecule has 0 saturated carbocycles. The van der Waals surface area contributed by atoms with Crippen molar-refractivity contribution in [3.63, 3.8) is 0 Å². The topological polar surface area (TPSA) is 153 Å². The molecule has 148 valence electrons. The maximum absolute atomic E-state index is 11.2. The summed E-state index contributed by atoms with van der Waals surface area (Å²) in [5.74, 6) is -3.41. The van der Waals surface area contributed by atoms with Crippen LogP contribution in [0.1, 0.15) is 72.6 Å². The number of carboxylic acid groups (broad SMARTS) is 2. The van der Waals surface area contributed by atoms with E-state index in [1.54, 1.807) is 0 Å². The van der Waals surface area contributed by atoms with Gasteiger partial charge in [-0.25, -0.2) is 14.4 Å². The number of benzene rings is 1. The van der Waals surface area contributed by atoms with Gasteiger partial charge in [0, 0.05) is 11.1 Å². The molecule has 0 spiro atoms. The van der Waals surface area contributed by atoms with E-state index >= 15 is 0 Å². The summed E-state index contributed by atoms with van der Waals surface area (Å²) in [4.78, 5) is 32.5. The summed E-state index contributed by atoms with van der Waals surface area (Å²) in [5.41, 5.74) is 10.0. The van der Waals surface area contributed by atoms with E-state index in [1.165, 1.54) is 0 Å². The number of nitrogens with two attached hydrogens (primary N) is 2. The maximum Gasteiger partial charge on any atom is 0.337 e. The summed E-state index contributed by atoms with van der Waals surface area (Å²) < 4.78 is 4.38. The second-order valence-corrected chi connectivity index (χ2v) is 7.63. The Morgan fingerprint density at radius 1 is 0.769 bits per heavy atom. The minimum absolute atomic E-state index is 0. The molecule has 0 fully saturated rings. The van der Waals surface area contributed by atoms with E-state index < -0.39 is 17.9 Å². The van der Waals surface area contributed by atoms with Crippen LogP contribution < -0.4 is 11.5 Å². The molecule has 1 aromatic rings. The summed E-state index contributed by atoms with van der Waals surface area (Å²) in [5, 5.41) is 17.4. The van der Waals surface area contributed by atoms with Gasteiger partial charge in [0.25, 0.3) is 0 Å². The first-order valence-electron chi connectivity index (χ1n) is 7.73. The third kappa shape index (κ3) is 16.4. The standard InChI is InChI=1S/C10H8O6.2C4H11N/c1-16-10(15)7-3-5(8(11)12)2-6(4-7)9(13)14;2*1-4(2,3)5/h2-4H,1H3,(H,11,12)(H,13,14);2*5H2,1-3H3. The van der Waals surface area contributed by atoms with Crippen LogP contribution in [-0.4, -0.2) is 46.3 Å². The first kappa shape index (κ1) is 25.8. The molecule has 0 amide bonds. The number of hydrogen-bond acceptors (Lipinski definition) is 6. The van der Waals surface area contributed by atoms with Gasteiger partial charge in [0.2, 0.25) is 0 Å². The highest BCUT2D eigenvalue weighted by atomic mass is 16.5. The van der Waals surface area contributed by atoms with Crippen LogP contribution in [0.2, 0.25) is 0 Å². The number of carbonyl (C=O) groups excluding carboxylic acids is 1. The lowest BCUT2D eigenvalue weighted by Crippen LogP contribution is -2.26. The monoisotopic (exact) mass is 370 g/mol. The second kappa shape index (κ2) is 10.5. The summed E-state index contributed by atoms with van der Waals surface area (Å²) in [6.45, 7) is 11.8. The van der Waals surface area contributed by atoms with Crippen LogP contribution in [-0.2, 0) is 4.74 Å². The zero-order valence-corrected chi connectivity index (χ0v) is 16.4. The Morgan fingerprint density at radius 3 is 1.19 bits per heavy atom. The van der Waals surface area contributed by atoms with Crippen LogP contribution in [0.3, 0.4) is 0 Å². The van der Waals surface area contributed by atoms with Gasteiger partial charge in [-0.15, -0.1) is 0 Å². The first-order chi connectivity index (χ1) is 11.5. The highest BCUT2D eigenvalue weighted by Gasteiger charge is 2.15. The number of rotatable bonds is 3. The minimum Gasteiger partial charge on any atom is -0.478 e. The summed E-state index contributed by atoms with van der Waals surface area (Å²) in [7, 11) is 1.12. The van der Waals surface area contributed by atoms with E-state index in [9.17, 15) is 14.4 Å². The molecule has 0 aromatic heterocycles. The highest BCUT2D eigenvalue weighted by Crippen LogP contribution is 2.12. The van der Waals surface area contributed by atoms with Crippen molar-refractivity contribution >= 4 is 17.9 Å². The predicted molar refractivity (Wildman–Crippen MR) is 99.6 cm³/mol. The Bertz CT molecular complexity index is 571. The zero-order chi connectivity index (χ0) is 21.3. The van der Waals surface area contributed by atoms with Crippen LogP contribution in [0.5, 0.6) is 0 Å². The van der Waals surface area contributed by atoms with E-state index in [0.717, 1.165) is 25.3 Å². The van der Waals surface area contributed by atoms with Gasteiger partial charge in [0.05, 0.1) is 23.8 Å². The molecule has 0 radical (unpaired) electrons. The molecule has 8 nitrogen and oxygen atoms in total. The van der Waals surface area contributed by atoms with Crippen LogP contribution in [0.15, 0.2) is 18.2 Å². The summed E-state index contributed by atoms with van der Waals surface area (Å²) >= 11 is 0. The van der Waals surface area contributed by atoms with Gasteiger partial charge in [0.1, 0.15) is 0 Å². The Balaban J connectivity index is 0. The molecule has 0 aliphatic rings. The minimum atomic E-state index is -1.31. The summed E-state index contributed by atoms with van der Waals surface area (Å²) in [6.07, 6.45) is 0. The average molecular weight is 370 g/mol. The molecule has 0 unspecified atom stereocenters. The molecule has 1 rings (SSSR count). The van der Waals surface area contributed by atoms with E-state index in [0.29, 0.717) is 0 Å². The molecule has 0 aliphatic carbocycles. The molecule has 6 N–H and O–H groups in total. The number of methoxy groups -OCH3 is 1. The molecule has 26 heavy (non-hydrogen) atoms. The number of carboxylic acids is 2. The SMILES string of the molecule is CC(C)(C)N.CC(C)(C)N.COC(=O)c1cc(C(=O)O)cc(C(=O)O)c1. The largest absolute Gasteiger partial charge is 0.478 e. The van der Waals surface area contributed by atoms with E-state index in [4.69, 9.17) is 21.7 Å². The molecule has 0 atom stereocenters. The third-order valence-electron chi connectivity index (χ3n) is 1.85. The van der Waals surface area contributed by atoms with Gasteiger partial charge in [-0.3, -0.25) is 0 Å². The molecule has 1 aromatic carbocycles. The van der Waals surface area contributed by atoms with Crippen molar-refractivity contribution in [2.24, 2.45) is 11.5 Å². The van der Waals surface area contributed by atoms with E-state index in [1.807, 2.05) is 41.5 Å². The molecule has 0 aliphatic heterocycles. The average Bonchev–Trinajstić information content (AvgIpc) is 2.42. The lowest BCUT2D eigenvalue weighted by molar-refractivity contribution is 0.0600. The van der Waals surface area contributed by atoms with Crippen LogP contribution in [0.25, 0.3) is 0 Å². The van der Waals surface area contributed by atoms with Crippen LogP contribution >= 0.6 is 0 Å². The number of esters is 1. The van der Waals surface area contributed by atoms with Crippen molar-refractivity contribution < 1.29 is 29.3 Å². The smallest absolute Gasteiger partial charge is 0.337 e. The van der Waals surface area contributed by atoms with Gasteiger partial charge in [-0.05, 0) is 59.7 Å². The number of aromatic carboxylic acids is 2. The van der Waals surface area contributed by atoms with Gasteiger partial charge in [-0.1, -0.05) is 0 Å². The quantitative estimate of drug-likeness (QED) is 0.591. The Labute approximate surface area is 154 Å². The second-order valence-electron chi connectivity index (χ2n) is 7.63. The Hall–Kier alpha value is -2.45. The van der Waals surface area contributed by atoms with E-state index in [2.05, 4.69) is 4.74 Å². The molecule has 0 saturated heterocycles. The fraction of sp³-hybridized carbons (Fsp3) is 0.500. The van der Waals surface area contributed by atoms with E-state index in [-0.39, 0.29) is 27.8 Å². The predicted octanol–water partition coefficient (Wildman–Crippen LogP) is 2.36. The van der Waals surface area contributed by atoms with Gasteiger partial charge < -0.3 is 26.4 Å². The molecule has 0 heterocycles. The van der Waals surface area contributed by atoms with Crippen molar-refractivity contribution in [2.75, 3.05) is 7.11 Å². The third-order valence-corrected chi connectivity index (χ3v) is 1.85. The van der Waals surface area contributed by atoms with Crippen molar-refractivity contribution in [3.8, 4) is 0 Å². The van der Waals surface area contributed by atoms with Crippen molar-refractivity contribution in [1.29, 1.82) is 0 Å². The fourth-order valence-electron chi connectivity index (χ4n) is 1.11. The van der Waals surface area contributed by atoms with Crippen molar-refractivity contribution in [1.82, 2.24) is 0 Å². The van der Waals surface area contributed by atoms with Gasteiger partial charge in [0.15, 0.2) is 0 Å². The van der Waals surface area contributed by atoms with Gasteiger partial charge >= 0.3 is 17.9 Å². The number of ether oxygens (including phenoxy) is 1. The van der Waals surface area contributed by atoms with Gasteiger partial charge in [-0.2, -0.15) is 0 Å². The summed E-state index contributed by atoms with van der Waals surface area (Å²) in [6, 6.07) is 3.08. The molecule has 0 bridgehead atoms. The molecular weight excluding hydrogens is 340 g/mol. The first-order valence-corrected chi connectivity index (χ1v) is 7.73. The molecule has 8 heteroatoms. The lowest BCUT2D eigenvalue weighted by Gasteiger charge is -2.06. The molecular formula is C18H30N2O6. The number of carbonyl (C=O) groups is 3. The van der Waals surface area contributed by atoms with Crippen molar-refractivity contribution in [2.45, 2.75) is 52.6 Å². The maximum atomic E-state index is 11.2.